The maximum Gasteiger partial charge on any atom is 0.329 e. The van der Waals surface area contributed by atoms with Crippen LogP contribution in [0.2, 0.25) is 5.02 Å². The fourth-order valence-electron chi connectivity index (χ4n) is 2.92. The van der Waals surface area contributed by atoms with Gasteiger partial charge in [-0.25, -0.2) is 9.69 Å². The largest absolute Gasteiger partial charge is 0.450 e. The van der Waals surface area contributed by atoms with E-state index in [2.05, 4.69) is 10.6 Å². The van der Waals surface area contributed by atoms with E-state index >= 15 is 0 Å². The lowest BCUT2D eigenvalue weighted by Crippen LogP contribution is -2.38. The van der Waals surface area contributed by atoms with Crippen molar-refractivity contribution in [1.82, 2.24) is 10.2 Å². The summed E-state index contributed by atoms with van der Waals surface area (Å²) in [6.07, 6.45) is 1.43. The number of carbonyl (C=O) groups is 3. The molecule has 1 fully saturated rings. The summed E-state index contributed by atoms with van der Waals surface area (Å²) in [6.45, 7) is 1.54. The number of hydrogen-bond acceptors (Lipinski definition) is 5. The van der Waals surface area contributed by atoms with Crippen molar-refractivity contribution in [3.05, 3.63) is 82.7 Å². The molecule has 0 radical (unpaired) electrons. The number of rotatable bonds is 6. The Balaban J connectivity index is 1.39. The molecule has 1 saturated heterocycles. The Morgan fingerprint density at radius 1 is 1.09 bits per heavy atom. The monoisotopic (exact) mass is 467 g/mol. The summed E-state index contributed by atoms with van der Waals surface area (Å²) < 4.78 is 5.72. The highest BCUT2D eigenvalue weighted by Gasteiger charge is 2.35. The molecule has 2 aromatic carbocycles. The molecule has 2 N–H and O–H groups in total. The van der Waals surface area contributed by atoms with E-state index in [0.29, 0.717) is 21.6 Å². The van der Waals surface area contributed by atoms with Crippen LogP contribution in [0, 0.1) is 6.92 Å². The smallest absolute Gasteiger partial charge is 0.329 e. The quantitative estimate of drug-likeness (QED) is 0.396. The molecule has 4 rings (SSSR count). The first-order valence-corrected chi connectivity index (χ1v) is 10.8. The van der Waals surface area contributed by atoms with Crippen molar-refractivity contribution in [2.75, 3.05) is 11.9 Å². The van der Waals surface area contributed by atoms with Gasteiger partial charge >= 0.3 is 6.03 Å². The second-order valence-electron chi connectivity index (χ2n) is 7.01. The topological polar surface area (TPSA) is 91.7 Å². The van der Waals surface area contributed by atoms with Crippen molar-refractivity contribution in [2.45, 2.75) is 16.9 Å². The number of imide groups is 1. The summed E-state index contributed by atoms with van der Waals surface area (Å²) in [5.74, 6) is -0.674. The van der Waals surface area contributed by atoms with Crippen molar-refractivity contribution < 1.29 is 18.8 Å². The molecular formula is C23H18ClN3O4S. The zero-order valence-corrected chi connectivity index (χ0v) is 18.5. The number of hydrogen-bond donors (Lipinski definition) is 2. The third-order valence-electron chi connectivity index (χ3n) is 4.52. The van der Waals surface area contributed by atoms with Gasteiger partial charge in [0.05, 0.1) is 0 Å². The molecule has 0 atom stereocenters. The average molecular weight is 468 g/mol. The van der Waals surface area contributed by atoms with Crippen molar-refractivity contribution in [2.24, 2.45) is 0 Å². The van der Waals surface area contributed by atoms with Gasteiger partial charge in [0.25, 0.3) is 5.91 Å². The van der Waals surface area contributed by atoms with Gasteiger partial charge in [-0.3, -0.25) is 9.59 Å². The molecule has 0 saturated carbocycles. The number of nitrogens with zero attached hydrogens (tertiary/aromatic N) is 1. The SMILES string of the molecule is Cc1ccc(NC(=O)CN2C(=O)N/C(=C\c3ccc(Sc4ccc(Cl)cc4)o3)C2=O)cc1. The molecule has 0 unspecified atom stereocenters. The van der Waals surface area contributed by atoms with E-state index in [1.807, 2.05) is 31.2 Å². The normalized spacial score (nSPS) is 14.7. The predicted molar refractivity (Wildman–Crippen MR) is 122 cm³/mol. The molecule has 4 amide bonds. The van der Waals surface area contributed by atoms with Gasteiger partial charge in [0.15, 0.2) is 5.09 Å². The molecule has 32 heavy (non-hydrogen) atoms. The van der Waals surface area contributed by atoms with Gasteiger partial charge in [-0.1, -0.05) is 41.1 Å². The van der Waals surface area contributed by atoms with Gasteiger partial charge in [-0.2, -0.15) is 0 Å². The summed E-state index contributed by atoms with van der Waals surface area (Å²) in [5, 5.41) is 6.41. The lowest BCUT2D eigenvalue weighted by Gasteiger charge is -2.12. The third kappa shape index (κ3) is 5.22. The first-order chi connectivity index (χ1) is 15.4. The Labute approximate surface area is 193 Å². The predicted octanol–water partition coefficient (Wildman–Crippen LogP) is 4.92. The van der Waals surface area contributed by atoms with Gasteiger partial charge in [0.1, 0.15) is 18.0 Å². The molecule has 9 heteroatoms. The number of amides is 4. The lowest BCUT2D eigenvalue weighted by atomic mass is 10.2. The fraction of sp³-hybridized carbons (Fsp3) is 0.0870. The van der Waals surface area contributed by atoms with Crippen molar-refractivity contribution in [3.63, 3.8) is 0 Å². The second-order valence-corrected chi connectivity index (χ2v) is 8.52. The molecule has 0 spiro atoms. The zero-order valence-electron chi connectivity index (χ0n) is 16.9. The Bertz CT molecular complexity index is 1200. The number of furan rings is 1. The number of halogens is 1. The van der Waals surface area contributed by atoms with Crippen LogP contribution >= 0.6 is 23.4 Å². The van der Waals surface area contributed by atoms with Gasteiger partial charge in [-0.05, 0) is 55.5 Å². The van der Waals surface area contributed by atoms with E-state index in [1.54, 1.807) is 36.4 Å². The highest BCUT2D eigenvalue weighted by molar-refractivity contribution is 7.99. The molecule has 0 aliphatic carbocycles. The number of urea groups is 1. The summed E-state index contributed by atoms with van der Waals surface area (Å²) in [5.41, 5.74) is 1.68. The third-order valence-corrected chi connectivity index (χ3v) is 5.70. The Morgan fingerprint density at radius 3 is 2.53 bits per heavy atom. The lowest BCUT2D eigenvalue weighted by molar-refractivity contribution is -0.127. The van der Waals surface area contributed by atoms with Gasteiger partial charge in [0, 0.05) is 21.7 Å². The van der Waals surface area contributed by atoms with Crippen molar-refractivity contribution >= 4 is 53.0 Å². The summed E-state index contributed by atoms with van der Waals surface area (Å²) >= 11 is 7.29. The van der Waals surface area contributed by atoms with Gasteiger partial charge in [-0.15, -0.1) is 0 Å². The zero-order chi connectivity index (χ0) is 22.7. The molecular weight excluding hydrogens is 450 g/mol. The van der Waals surface area contributed by atoms with E-state index in [1.165, 1.54) is 17.8 Å². The molecule has 1 aliphatic heterocycles. The number of benzene rings is 2. The molecule has 162 valence electrons. The minimum Gasteiger partial charge on any atom is -0.450 e. The minimum atomic E-state index is -0.664. The van der Waals surface area contributed by atoms with Gasteiger partial charge in [0.2, 0.25) is 5.91 Å². The van der Waals surface area contributed by atoms with E-state index in [9.17, 15) is 14.4 Å². The standard InChI is InChI=1S/C23H18ClN3O4S/c1-14-2-6-16(7-3-14)25-20(28)13-27-22(29)19(26-23(27)30)12-17-8-11-21(31-17)32-18-9-4-15(24)5-10-18/h2-12H,13H2,1H3,(H,25,28)(H,26,30)/b19-12-. The maximum absolute atomic E-state index is 12.6. The first kappa shape index (κ1) is 21.7. The van der Waals surface area contributed by atoms with Crippen LogP contribution in [0.1, 0.15) is 11.3 Å². The van der Waals surface area contributed by atoms with Crippen LogP contribution in [0.25, 0.3) is 6.08 Å². The molecule has 1 aromatic heterocycles. The Kier molecular flexibility index (Phi) is 6.34. The summed E-state index contributed by atoms with van der Waals surface area (Å²) in [7, 11) is 0. The number of aryl methyl sites for hydroxylation is 1. The van der Waals surface area contributed by atoms with Crippen LogP contribution in [0.3, 0.4) is 0 Å². The highest BCUT2D eigenvalue weighted by atomic mass is 35.5. The van der Waals surface area contributed by atoms with Gasteiger partial charge < -0.3 is 15.1 Å². The minimum absolute atomic E-state index is 0.0375. The van der Waals surface area contributed by atoms with E-state index < -0.39 is 24.4 Å². The van der Waals surface area contributed by atoms with Crippen molar-refractivity contribution in [3.8, 4) is 0 Å². The fourth-order valence-corrected chi connectivity index (χ4v) is 3.83. The van der Waals surface area contributed by atoms with E-state index in [0.717, 1.165) is 15.4 Å². The van der Waals surface area contributed by atoms with E-state index in [-0.39, 0.29) is 5.70 Å². The van der Waals surface area contributed by atoms with Crippen LogP contribution in [0.5, 0.6) is 0 Å². The van der Waals surface area contributed by atoms with Crippen LogP contribution < -0.4 is 10.6 Å². The summed E-state index contributed by atoms with van der Waals surface area (Å²) in [4.78, 5) is 38.9. The van der Waals surface area contributed by atoms with Crippen LogP contribution in [-0.4, -0.2) is 29.3 Å². The highest BCUT2D eigenvalue weighted by Crippen LogP contribution is 2.30. The molecule has 1 aliphatic rings. The number of carbonyl (C=O) groups excluding carboxylic acids is 3. The van der Waals surface area contributed by atoms with Crippen LogP contribution in [-0.2, 0) is 9.59 Å². The maximum atomic E-state index is 12.6. The Hall–Kier alpha value is -3.49. The van der Waals surface area contributed by atoms with Crippen molar-refractivity contribution in [1.29, 1.82) is 0 Å². The molecule has 3 aromatic rings. The number of nitrogens with one attached hydrogen (secondary N) is 2. The first-order valence-electron chi connectivity index (χ1n) is 9.62. The summed E-state index contributed by atoms with van der Waals surface area (Å²) in [6, 6.07) is 17.3. The molecule has 0 bridgehead atoms. The molecule has 2 heterocycles. The number of anilines is 1. The van der Waals surface area contributed by atoms with E-state index in [4.69, 9.17) is 16.0 Å². The average Bonchev–Trinajstić information content (AvgIpc) is 3.31. The molecule has 7 nitrogen and oxygen atoms in total. The second kappa shape index (κ2) is 9.33. The van der Waals surface area contributed by atoms with Crippen LogP contribution in [0.4, 0.5) is 10.5 Å². The van der Waals surface area contributed by atoms with Crippen LogP contribution in [0.15, 0.2) is 80.8 Å². The Morgan fingerprint density at radius 2 is 1.81 bits per heavy atom.